The smallest absolute Gasteiger partial charge is 0.295 e. The number of nitrogens with zero attached hydrogens (tertiary/aromatic N) is 5. The number of amides is 1. The van der Waals surface area contributed by atoms with Crippen molar-refractivity contribution in [2.45, 2.75) is 25.8 Å². The van der Waals surface area contributed by atoms with Gasteiger partial charge in [-0.05, 0) is 49.1 Å². The second-order valence-corrected chi connectivity index (χ2v) is 8.59. The third-order valence-corrected chi connectivity index (χ3v) is 6.26. The van der Waals surface area contributed by atoms with Gasteiger partial charge in [0.1, 0.15) is 22.6 Å². The van der Waals surface area contributed by atoms with Crippen LogP contribution in [0, 0.1) is 11.7 Å². The Hall–Kier alpha value is -3.46. The number of aromatic nitrogens is 4. The third kappa shape index (κ3) is 4.16. The van der Waals surface area contributed by atoms with Gasteiger partial charge in [0.15, 0.2) is 5.58 Å². The van der Waals surface area contributed by atoms with E-state index in [1.807, 2.05) is 0 Å². The molecule has 3 heterocycles. The summed E-state index contributed by atoms with van der Waals surface area (Å²) in [7, 11) is 0. The molecular weight excluding hydrogens is 447 g/mol. The number of halogens is 2. The summed E-state index contributed by atoms with van der Waals surface area (Å²) in [5.74, 6) is -0.786. The molecule has 0 unspecified atom stereocenters. The second-order valence-electron chi connectivity index (χ2n) is 8.15. The van der Waals surface area contributed by atoms with E-state index in [0.717, 1.165) is 12.8 Å². The van der Waals surface area contributed by atoms with Crippen molar-refractivity contribution in [2.24, 2.45) is 5.92 Å². The molecule has 2 aromatic heterocycles. The standard InChI is InChI=1S/C23H22ClFN6O2/c1-14-4-3-11-30(19(14)13-26-23-29-17-12-15(24)7-8-20(17)33-23)22(32)21-16(25)5-2-6-18(21)31-27-9-10-28-31/h2,5-10,12,14,19H,3-4,11,13H2,1H3,(H,26,29)/t14-,19-/m1/s1. The average molecular weight is 469 g/mol. The van der Waals surface area contributed by atoms with Crippen LogP contribution in [0.3, 0.4) is 0 Å². The van der Waals surface area contributed by atoms with Gasteiger partial charge in [-0.1, -0.05) is 24.6 Å². The molecule has 0 spiro atoms. The monoisotopic (exact) mass is 468 g/mol. The van der Waals surface area contributed by atoms with Crippen LogP contribution in [0.1, 0.15) is 30.1 Å². The Kier molecular flexibility index (Phi) is 5.72. The molecule has 0 radical (unpaired) electrons. The van der Waals surface area contributed by atoms with E-state index in [0.29, 0.717) is 40.9 Å². The fourth-order valence-electron chi connectivity index (χ4n) is 4.36. The number of oxazole rings is 1. The molecule has 1 aliphatic rings. The minimum atomic E-state index is -0.601. The Balaban J connectivity index is 1.41. The molecule has 8 nitrogen and oxygen atoms in total. The van der Waals surface area contributed by atoms with Crippen LogP contribution in [0.15, 0.2) is 53.2 Å². The lowest BCUT2D eigenvalue weighted by Gasteiger charge is -2.40. The van der Waals surface area contributed by atoms with Crippen molar-refractivity contribution in [2.75, 3.05) is 18.4 Å². The van der Waals surface area contributed by atoms with Crippen LogP contribution in [0.25, 0.3) is 16.8 Å². The van der Waals surface area contributed by atoms with Gasteiger partial charge in [-0.25, -0.2) is 4.39 Å². The zero-order valence-corrected chi connectivity index (χ0v) is 18.7. The van der Waals surface area contributed by atoms with Crippen molar-refractivity contribution in [1.29, 1.82) is 0 Å². The highest BCUT2D eigenvalue weighted by molar-refractivity contribution is 6.31. The number of hydrogen-bond donors (Lipinski definition) is 1. The van der Waals surface area contributed by atoms with Gasteiger partial charge < -0.3 is 14.6 Å². The van der Waals surface area contributed by atoms with Crippen LogP contribution in [0.4, 0.5) is 10.4 Å². The number of nitrogens with one attached hydrogen (secondary N) is 1. The molecule has 0 bridgehead atoms. The number of hydrogen-bond acceptors (Lipinski definition) is 6. The molecule has 0 saturated carbocycles. The molecule has 1 fully saturated rings. The van der Waals surface area contributed by atoms with Gasteiger partial charge in [-0.15, -0.1) is 0 Å². The summed E-state index contributed by atoms with van der Waals surface area (Å²) >= 11 is 6.03. The number of piperidine rings is 1. The van der Waals surface area contributed by atoms with E-state index in [-0.39, 0.29) is 23.4 Å². The predicted octanol–water partition coefficient (Wildman–Crippen LogP) is 4.55. The number of carbonyl (C=O) groups is 1. The number of likely N-dealkylation sites (tertiary alicyclic amines) is 1. The molecule has 2 aromatic carbocycles. The summed E-state index contributed by atoms with van der Waals surface area (Å²) in [6.07, 6.45) is 4.78. The quantitative estimate of drug-likeness (QED) is 0.462. The van der Waals surface area contributed by atoms with Crippen molar-refractivity contribution in [3.63, 3.8) is 0 Å². The van der Waals surface area contributed by atoms with E-state index in [9.17, 15) is 9.18 Å². The zero-order chi connectivity index (χ0) is 22.9. The van der Waals surface area contributed by atoms with Crippen LogP contribution < -0.4 is 5.32 Å². The molecule has 1 aliphatic heterocycles. The van der Waals surface area contributed by atoms with Crippen molar-refractivity contribution in [1.82, 2.24) is 24.9 Å². The lowest BCUT2D eigenvalue weighted by Crippen LogP contribution is -2.51. The van der Waals surface area contributed by atoms with Gasteiger partial charge in [0, 0.05) is 18.1 Å². The summed E-state index contributed by atoms with van der Waals surface area (Å²) < 4.78 is 20.7. The largest absolute Gasteiger partial charge is 0.424 e. The SMILES string of the molecule is C[C@@H]1CCCN(C(=O)c2c(F)cccc2-n2nccn2)[C@@H]1CNc1nc2cc(Cl)ccc2o1. The summed E-state index contributed by atoms with van der Waals surface area (Å²) in [5, 5.41) is 11.9. The number of rotatable bonds is 5. The first kappa shape index (κ1) is 21.4. The maximum absolute atomic E-state index is 14.9. The average Bonchev–Trinajstić information content (AvgIpc) is 3.47. The first-order valence-corrected chi connectivity index (χ1v) is 11.1. The minimum absolute atomic E-state index is 0.0377. The van der Waals surface area contributed by atoms with E-state index >= 15 is 0 Å². The summed E-state index contributed by atoms with van der Waals surface area (Å²) in [4.78, 5) is 21.0. The van der Waals surface area contributed by atoms with Gasteiger partial charge in [-0.2, -0.15) is 20.0 Å². The molecule has 10 heteroatoms. The van der Waals surface area contributed by atoms with E-state index in [1.54, 1.807) is 35.2 Å². The maximum Gasteiger partial charge on any atom is 0.295 e. The van der Waals surface area contributed by atoms with E-state index in [4.69, 9.17) is 16.0 Å². The topological polar surface area (TPSA) is 89.1 Å². The molecule has 4 aromatic rings. The van der Waals surface area contributed by atoms with Crippen molar-refractivity contribution in [3.05, 3.63) is 65.2 Å². The van der Waals surface area contributed by atoms with Crippen LogP contribution >= 0.6 is 11.6 Å². The predicted molar refractivity (Wildman–Crippen MR) is 122 cm³/mol. The Bertz CT molecular complexity index is 1290. The van der Waals surface area contributed by atoms with Crippen LogP contribution in [0.2, 0.25) is 5.02 Å². The number of anilines is 1. The molecule has 33 heavy (non-hydrogen) atoms. The molecule has 5 rings (SSSR count). The highest BCUT2D eigenvalue weighted by Gasteiger charge is 2.35. The molecule has 2 atom stereocenters. The van der Waals surface area contributed by atoms with Crippen LogP contribution in [-0.2, 0) is 0 Å². The van der Waals surface area contributed by atoms with E-state index in [1.165, 1.54) is 23.3 Å². The summed E-state index contributed by atoms with van der Waals surface area (Å²) in [6, 6.07) is 9.87. The maximum atomic E-state index is 14.9. The fraction of sp³-hybridized carbons (Fsp3) is 0.304. The Morgan fingerprint density at radius 2 is 2.09 bits per heavy atom. The molecule has 1 saturated heterocycles. The third-order valence-electron chi connectivity index (χ3n) is 6.03. The van der Waals surface area contributed by atoms with Crippen molar-refractivity contribution < 1.29 is 13.6 Å². The van der Waals surface area contributed by atoms with Gasteiger partial charge >= 0.3 is 0 Å². The van der Waals surface area contributed by atoms with Gasteiger partial charge in [0.2, 0.25) is 0 Å². The zero-order valence-electron chi connectivity index (χ0n) is 17.9. The van der Waals surface area contributed by atoms with E-state index in [2.05, 4.69) is 27.4 Å². The van der Waals surface area contributed by atoms with Crippen molar-refractivity contribution >= 4 is 34.6 Å². The Morgan fingerprint density at radius 3 is 2.91 bits per heavy atom. The Labute approximate surface area is 194 Å². The second kappa shape index (κ2) is 8.82. The number of carbonyl (C=O) groups excluding carboxylic acids is 1. The Morgan fingerprint density at radius 1 is 1.27 bits per heavy atom. The minimum Gasteiger partial charge on any atom is -0.424 e. The van der Waals surface area contributed by atoms with Crippen LogP contribution in [0.5, 0.6) is 0 Å². The van der Waals surface area contributed by atoms with Crippen LogP contribution in [-0.4, -0.2) is 49.9 Å². The van der Waals surface area contributed by atoms with Gasteiger partial charge in [0.25, 0.3) is 11.9 Å². The number of benzene rings is 2. The first-order chi connectivity index (χ1) is 16.0. The highest BCUT2D eigenvalue weighted by atomic mass is 35.5. The summed E-state index contributed by atoms with van der Waals surface area (Å²) in [6.45, 7) is 3.03. The lowest BCUT2D eigenvalue weighted by atomic mass is 9.90. The van der Waals surface area contributed by atoms with Gasteiger partial charge in [0.05, 0.1) is 18.4 Å². The van der Waals surface area contributed by atoms with Crippen molar-refractivity contribution in [3.8, 4) is 5.69 Å². The summed E-state index contributed by atoms with van der Waals surface area (Å²) in [5.41, 5.74) is 1.54. The number of fused-ring (bicyclic) bond motifs is 1. The van der Waals surface area contributed by atoms with Gasteiger partial charge in [-0.3, -0.25) is 4.79 Å². The first-order valence-electron chi connectivity index (χ1n) is 10.8. The van der Waals surface area contributed by atoms with E-state index < -0.39 is 5.82 Å². The molecule has 170 valence electrons. The molecule has 1 amide bonds. The molecular formula is C23H22ClFN6O2. The highest BCUT2D eigenvalue weighted by Crippen LogP contribution is 2.29. The fourth-order valence-corrected chi connectivity index (χ4v) is 4.52. The molecule has 0 aliphatic carbocycles. The normalized spacial score (nSPS) is 18.6. The lowest BCUT2D eigenvalue weighted by molar-refractivity contribution is 0.0534. The molecule has 1 N–H and O–H groups in total.